The fourth-order valence-electron chi connectivity index (χ4n) is 2.11. The Balaban J connectivity index is 2.57. The maximum absolute atomic E-state index is 12.4. The summed E-state index contributed by atoms with van der Waals surface area (Å²) in [5, 5.41) is 0.114. The van der Waals surface area contributed by atoms with Gasteiger partial charge in [-0.3, -0.25) is 4.79 Å². The Morgan fingerprint density at radius 3 is 2.27 bits per heavy atom. The van der Waals surface area contributed by atoms with Crippen LogP contribution < -0.4 is 0 Å². The fourth-order valence-corrected chi connectivity index (χ4v) is 3.16. The van der Waals surface area contributed by atoms with Crippen molar-refractivity contribution in [1.29, 1.82) is 0 Å². The minimum atomic E-state index is -1.90. The van der Waals surface area contributed by atoms with Gasteiger partial charge >= 0.3 is 5.97 Å². The van der Waals surface area contributed by atoms with E-state index in [4.69, 9.17) is 13.9 Å². The van der Waals surface area contributed by atoms with Gasteiger partial charge in [0.1, 0.15) is 0 Å². The lowest BCUT2D eigenvalue weighted by molar-refractivity contribution is -0.154. The van der Waals surface area contributed by atoms with Crippen LogP contribution in [0.1, 0.15) is 46.6 Å². The third kappa shape index (κ3) is 8.02. The third-order valence-electron chi connectivity index (χ3n) is 4.86. The molecule has 1 atom stereocenters. The Labute approximate surface area is 160 Å². The summed E-state index contributed by atoms with van der Waals surface area (Å²) in [6, 6.07) is 10.0. The molecule has 0 saturated carbocycles. The van der Waals surface area contributed by atoms with Crippen LogP contribution in [0, 0.1) is 5.92 Å². The zero-order valence-corrected chi connectivity index (χ0v) is 18.5. The van der Waals surface area contributed by atoms with Crippen LogP contribution in [0.4, 0.5) is 0 Å². The molecule has 0 radical (unpaired) electrons. The number of ether oxygens (including phenoxy) is 2. The number of hydrogen-bond donors (Lipinski definition) is 0. The van der Waals surface area contributed by atoms with Crippen molar-refractivity contribution in [3.05, 3.63) is 35.9 Å². The molecule has 1 rings (SSSR count). The Morgan fingerprint density at radius 2 is 1.73 bits per heavy atom. The Bertz CT molecular complexity index is 535. The maximum Gasteiger partial charge on any atom is 0.311 e. The van der Waals surface area contributed by atoms with Crippen LogP contribution >= 0.6 is 0 Å². The fraction of sp³-hybridized carbons (Fsp3) is 0.667. The molecule has 1 aromatic rings. The first-order chi connectivity index (χ1) is 12.0. The van der Waals surface area contributed by atoms with Gasteiger partial charge < -0.3 is 13.9 Å². The summed E-state index contributed by atoms with van der Waals surface area (Å²) in [6.07, 6.45) is 0.482. The Hall–Kier alpha value is -1.17. The second-order valence-electron chi connectivity index (χ2n) is 8.58. The summed E-state index contributed by atoms with van der Waals surface area (Å²) >= 11 is 0. The van der Waals surface area contributed by atoms with Crippen molar-refractivity contribution < 1.29 is 18.7 Å². The monoisotopic (exact) mass is 380 g/mol. The van der Waals surface area contributed by atoms with E-state index in [1.807, 2.05) is 44.2 Å². The second kappa shape index (κ2) is 10.2. The standard InChI is InChI=1S/C21H36O4Si/c1-17(2)25-20(22)19(16-24-26(6,7)21(3,4)5)13-14-23-15-18-11-9-8-10-12-18/h8-12,17,19H,13-16H2,1-7H3. The lowest BCUT2D eigenvalue weighted by Gasteiger charge is -2.37. The molecule has 5 heteroatoms. The van der Waals surface area contributed by atoms with Crippen molar-refractivity contribution in [3.63, 3.8) is 0 Å². The minimum absolute atomic E-state index is 0.114. The normalized spacial score (nSPS) is 13.7. The summed E-state index contributed by atoms with van der Waals surface area (Å²) in [4.78, 5) is 12.4. The predicted octanol–water partition coefficient (Wildman–Crippen LogP) is 5.18. The minimum Gasteiger partial charge on any atom is -0.463 e. The highest BCUT2D eigenvalue weighted by molar-refractivity contribution is 6.74. The van der Waals surface area contributed by atoms with E-state index in [9.17, 15) is 4.79 Å². The van der Waals surface area contributed by atoms with E-state index in [0.29, 0.717) is 26.2 Å². The number of carbonyl (C=O) groups is 1. The van der Waals surface area contributed by atoms with Gasteiger partial charge in [-0.25, -0.2) is 0 Å². The number of esters is 1. The van der Waals surface area contributed by atoms with Gasteiger partial charge in [0.25, 0.3) is 0 Å². The summed E-state index contributed by atoms with van der Waals surface area (Å²) in [5.74, 6) is -0.482. The van der Waals surface area contributed by atoms with E-state index >= 15 is 0 Å². The molecule has 0 saturated heterocycles. The molecule has 0 aliphatic heterocycles. The van der Waals surface area contributed by atoms with Crippen molar-refractivity contribution in [1.82, 2.24) is 0 Å². The highest BCUT2D eigenvalue weighted by atomic mass is 28.4. The van der Waals surface area contributed by atoms with Gasteiger partial charge in [-0.05, 0) is 44.0 Å². The average molecular weight is 381 g/mol. The van der Waals surface area contributed by atoms with Gasteiger partial charge in [-0.2, -0.15) is 0 Å². The highest BCUT2D eigenvalue weighted by Gasteiger charge is 2.38. The molecule has 26 heavy (non-hydrogen) atoms. The SMILES string of the molecule is CC(C)OC(=O)C(CCOCc1ccccc1)CO[Si](C)(C)C(C)(C)C. The summed E-state index contributed by atoms with van der Waals surface area (Å²) in [5.41, 5.74) is 1.13. The Morgan fingerprint density at radius 1 is 1.12 bits per heavy atom. The zero-order chi connectivity index (χ0) is 19.8. The van der Waals surface area contributed by atoms with Crippen LogP contribution in [-0.2, 0) is 25.3 Å². The van der Waals surface area contributed by atoms with Gasteiger partial charge in [0.05, 0.1) is 18.6 Å². The molecular weight excluding hydrogens is 344 g/mol. The molecule has 0 heterocycles. The van der Waals surface area contributed by atoms with Gasteiger partial charge in [0, 0.05) is 13.2 Å². The van der Waals surface area contributed by atoms with E-state index in [1.165, 1.54) is 0 Å². The average Bonchev–Trinajstić information content (AvgIpc) is 2.53. The molecule has 1 unspecified atom stereocenters. The smallest absolute Gasteiger partial charge is 0.311 e. The second-order valence-corrected chi connectivity index (χ2v) is 13.4. The van der Waals surface area contributed by atoms with Crippen LogP contribution in [0.25, 0.3) is 0 Å². The Kier molecular flexibility index (Phi) is 9.00. The molecule has 0 fully saturated rings. The first kappa shape index (κ1) is 22.9. The van der Waals surface area contributed by atoms with E-state index < -0.39 is 8.32 Å². The van der Waals surface area contributed by atoms with E-state index in [1.54, 1.807) is 0 Å². The van der Waals surface area contributed by atoms with Crippen LogP contribution in [0.5, 0.6) is 0 Å². The van der Waals surface area contributed by atoms with Crippen LogP contribution in [0.3, 0.4) is 0 Å². The molecule has 0 N–H and O–H groups in total. The molecule has 0 spiro atoms. The largest absolute Gasteiger partial charge is 0.463 e. The maximum atomic E-state index is 12.4. The first-order valence-corrected chi connectivity index (χ1v) is 12.4. The van der Waals surface area contributed by atoms with Crippen molar-refractivity contribution in [2.45, 2.75) is 71.9 Å². The molecule has 148 valence electrons. The van der Waals surface area contributed by atoms with Crippen molar-refractivity contribution in [2.24, 2.45) is 5.92 Å². The number of benzene rings is 1. The molecule has 0 bridgehead atoms. The van der Waals surface area contributed by atoms with E-state index in [-0.39, 0.29) is 23.0 Å². The van der Waals surface area contributed by atoms with Crippen LogP contribution in [0.2, 0.25) is 18.1 Å². The number of rotatable bonds is 10. The lowest BCUT2D eigenvalue weighted by Crippen LogP contribution is -2.43. The lowest BCUT2D eigenvalue weighted by atomic mass is 10.1. The molecule has 0 aliphatic rings. The topological polar surface area (TPSA) is 44.8 Å². The van der Waals surface area contributed by atoms with E-state index in [0.717, 1.165) is 5.56 Å². The highest BCUT2D eigenvalue weighted by Crippen LogP contribution is 2.37. The van der Waals surface area contributed by atoms with E-state index in [2.05, 4.69) is 33.9 Å². The van der Waals surface area contributed by atoms with Gasteiger partial charge in [0.15, 0.2) is 8.32 Å². The number of carbonyl (C=O) groups excluding carboxylic acids is 1. The van der Waals surface area contributed by atoms with Crippen LogP contribution in [-0.4, -0.2) is 33.6 Å². The molecule has 0 amide bonds. The van der Waals surface area contributed by atoms with Crippen molar-refractivity contribution in [3.8, 4) is 0 Å². The zero-order valence-electron chi connectivity index (χ0n) is 17.5. The number of hydrogen-bond acceptors (Lipinski definition) is 4. The molecule has 1 aromatic carbocycles. The van der Waals surface area contributed by atoms with Gasteiger partial charge in [0.2, 0.25) is 0 Å². The molecule has 0 aromatic heterocycles. The first-order valence-electron chi connectivity index (χ1n) is 9.49. The molecular formula is C21H36O4Si. The molecule has 0 aliphatic carbocycles. The summed E-state index contributed by atoms with van der Waals surface area (Å²) < 4.78 is 17.4. The molecule has 4 nitrogen and oxygen atoms in total. The van der Waals surface area contributed by atoms with Crippen LogP contribution in [0.15, 0.2) is 30.3 Å². The van der Waals surface area contributed by atoms with Gasteiger partial charge in [-0.15, -0.1) is 0 Å². The predicted molar refractivity (Wildman–Crippen MR) is 109 cm³/mol. The summed E-state index contributed by atoms with van der Waals surface area (Å²) in [7, 11) is -1.90. The quantitative estimate of drug-likeness (QED) is 0.319. The third-order valence-corrected chi connectivity index (χ3v) is 9.36. The summed E-state index contributed by atoms with van der Waals surface area (Å²) in [6.45, 7) is 16.2. The van der Waals surface area contributed by atoms with Crippen molar-refractivity contribution in [2.75, 3.05) is 13.2 Å². The van der Waals surface area contributed by atoms with Gasteiger partial charge in [-0.1, -0.05) is 51.1 Å². The van der Waals surface area contributed by atoms with Crippen molar-refractivity contribution >= 4 is 14.3 Å².